The first-order valence-electron chi connectivity index (χ1n) is 10.1. The number of benzene rings is 1. The van der Waals surface area contributed by atoms with Crippen LogP contribution in [0.5, 0.6) is 0 Å². The van der Waals surface area contributed by atoms with Crippen LogP contribution >= 0.6 is 0 Å². The fourth-order valence-electron chi connectivity index (χ4n) is 4.67. The van der Waals surface area contributed by atoms with Crippen LogP contribution in [0.3, 0.4) is 0 Å². The van der Waals surface area contributed by atoms with Crippen LogP contribution in [0.2, 0.25) is 0 Å². The van der Waals surface area contributed by atoms with Crippen molar-refractivity contribution in [3.05, 3.63) is 35.9 Å². The van der Waals surface area contributed by atoms with E-state index in [1.807, 2.05) is 28.0 Å². The fourth-order valence-corrected chi connectivity index (χ4v) is 4.67. The van der Waals surface area contributed by atoms with E-state index in [-0.39, 0.29) is 24.0 Å². The second-order valence-corrected chi connectivity index (χ2v) is 8.30. The van der Waals surface area contributed by atoms with Gasteiger partial charge in [0.1, 0.15) is 5.60 Å². The predicted octanol–water partition coefficient (Wildman–Crippen LogP) is 2.17. The van der Waals surface area contributed by atoms with E-state index in [0.717, 1.165) is 38.5 Å². The number of amides is 2. The second-order valence-electron chi connectivity index (χ2n) is 8.30. The molecule has 2 N–H and O–H groups in total. The Bertz CT molecular complexity index is 685. The van der Waals surface area contributed by atoms with Crippen molar-refractivity contribution in [1.29, 1.82) is 0 Å². The Balaban J connectivity index is 1.29. The quantitative estimate of drug-likeness (QED) is 0.880. The molecule has 1 spiro atoms. The molecular formula is C21H29N3O3. The minimum atomic E-state index is -0.420. The first-order chi connectivity index (χ1) is 13.0. The summed E-state index contributed by atoms with van der Waals surface area (Å²) in [6.45, 7) is 2.65. The Morgan fingerprint density at radius 2 is 1.93 bits per heavy atom. The van der Waals surface area contributed by atoms with E-state index >= 15 is 0 Å². The maximum Gasteiger partial charge on any atom is 0.410 e. The molecule has 0 radical (unpaired) electrons. The fraction of sp³-hybridized carbons (Fsp3) is 0.619. The van der Waals surface area contributed by atoms with Gasteiger partial charge in [-0.1, -0.05) is 30.3 Å². The third kappa shape index (κ3) is 3.95. The SMILES string of the molecule is N[C@H]1CC[C@@H](C(=O)N2CCC3(CC2)CN(CCc2ccccc2)C(=O)O3)C1. The second kappa shape index (κ2) is 7.50. The van der Waals surface area contributed by atoms with Gasteiger partial charge in [0.05, 0.1) is 6.54 Å². The highest BCUT2D eigenvalue weighted by molar-refractivity contribution is 5.79. The van der Waals surface area contributed by atoms with Crippen molar-refractivity contribution in [1.82, 2.24) is 9.80 Å². The van der Waals surface area contributed by atoms with Crippen LogP contribution in [-0.4, -0.2) is 59.6 Å². The Labute approximate surface area is 160 Å². The number of nitrogens with two attached hydrogens (primary N) is 1. The molecule has 146 valence electrons. The van der Waals surface area contributed by atoms with E-state index in [1.54, 1.807) is 0 Å². The molecule has 1 aromatic carbocycles. The number of ether oxygens (including phenoxy) is 1. The van der Waals surface area contributed by atoms with Gasteiger partial charge >= 0.3 is 6.09 Å². The predicted molar refractivity (Wildman–Crippen MR) is 102 cm³/mol. The normalized spacial score (nSPS) is 27.2. The van der Waals surface area contributed by atoms with Gasteiger partial charge in [0.2, 0.25) is 5.91 Å². The van der Waals surface area contributed by atoms with Crippen LogP contribution < -0.4 is 5.73 Å². The number of rotatable bonds is 4. The monoisotopic (exact) mass is 371 g/mol. The molecule has 6 nitrogen and oxygen atoms in total. The lowest BCUT2D eigenvalue weighted by Gasteiger charge is -2.38. The molecule has 2 atom stereocenters. The summed E-state index contributed by atoms with van der Waals surface area (Å²) in [5.74, 6) is 0.325. The van der Waals surface area contributed by atoms with Crippen molar-refractivity contribution < 1.29 is 14.3 Å². The van der Waals surface area contributed by atoms with Gasteiger partial charge in [0.25, 0.3) is 0 Å². The summed E-state index contributed by atoms with van der Waals surface area (Å²) in [5.41, 5.74) is 6.76. The van der Waals surface area contributed by atoms with Gasteiger partial charge in [0.15, 0.2) is 0 Å². The summed E-state index contributed by atoms with van der Waals surface area (Å²) < 4.78 is 5.79. The lowest BCUT2D eigenvalue weighted by atomic mass is 9.90. The maximum atomic E-state index is 12.7. The molecule has 0 bridgehead atoms. The molecule has 2 amide bonds. The van der Waals surface area contributed by atoms with E-state index in [0.29, 0.717) is 26.2 Å². The van der Waals surface area contributed by atoms with Crippen LogP contribution in [0.1, 0.15) is 37.7 Å². The smallest absolute Gasteiger partial charge is 0.410 e. The first-order valence-corrected chi connectivity index (χ1v) is 10.1. The van der Waals surface area contributed by atoms with Crippen molar-refractivity contribution in [3.63, 3.8) is 0 Å². The van der Waals surface area contributed by atoms with Crippen molar-refractivity contribution in [2.75, 3.05) is 26.2 Å². The largest absolute Gasteiger partial charge is 0.441 e. The Morgan fingerprint density at radius 3 is 2.59 bits per heavy atom. The van der Waals surface area contributed by atoms with Crippen molar-refractivity contribution in [2.45, 2.75) is 50.2 Å². The van der Waals surface area contributed by atoms with Crippen LogP contribution in [-0.2, 0) is 16.0 Å². The molecule has 1 aromatic rings. The zero-order chi connectivity index (χ0) is 18.9. The Kier molecular flexibility index (Phi) is 5.08. The number of piperidine rings is 1. The Morgan fingerprint density at radius 1 is 1.19 bits per heavy atom. The van der Waals surface area contributed by atoms with Crippen molar-refractivity contribution in [2.24, 2.45) is 11.7 Å². The van der Waals surface area contributed by atoms with Crippen LogP contribution in [0, 0.1) is 5.92 Å². The number of likely N-dealkylation sites (tertiary alicyclic amines) is 1. The zero-order valence-electron chi connectivity index (χ0n) is 15.8. The molecule has 2 aliphatic heterocycles. The highest BCUT2D eigenvalue weighted by Gasteiger charge is 2.47. The van der Waals surface area contributed by atoms with Crippen molar-refractivity contribution in [3.8, 4) is 0 Å². The lowest BCUT2D eigenvalue weighted by molar-refractivity contribution is -0.138. The van der Waals surface area contributed by atoms with E-state index < -0.39 is 5.60 Å². The summed E-state index contributed by atoms with van der Waals surface area (Å²) in [6.07, 6.45) is 4.73. The minimum Gasteiger partial charge on any atom is -0.441 e. The molecule has 1 saturated carbocycles. The average Bonchev–Trinajstić information content (AvgIpc) is 3.24. The third-order valence-electron chi connectivity index (χ3n) is 6.36. The van der Waals surface area contributed by atoms with E-state index in [4.69, 9.17) is 10.5 Å². The topological polar surface area (TPSA) is 75.9 Å². The van der Waals surface area contributed by atoms with E-state index in [2.05, 4.69) is 12.1 Å². The van der Waals surface area contributed by atoms with Crippen molar-refractivity contribution >= 4 is 12.0 Å². The summed E-state index contributed by atoms with van der Waals surface area (Å²) in [4.78, 5) is 28.8. The first kappa shape index (κ1) is 18.3. The number of hydrogen-bond donors (Lipinski definition) is 1. The molecule has 6 heteroatoms. The van der Waals surface area contributed by atoms with Gasteiger partial charge in [-0.15, -0.1) is 0 Å². The summed E-state index contributed by atoms with van der Waals surface area (Å²) in [7, 11) is 0. The van der Waals surface area contributed by atoms with E-state index in [9.17, 15) is 9.59 Å². The maximum absolute atomic E-state index is 12.7. The molecule has 2 saturated heterocycles. The molecule has 3 aliphatic rings. The molecule has 4 rings (SSSR count). The lowest BCUT2D eigenvalue weighted by Crippen LogP contribution is -2.50. The number of carbonyl (C=O) groups is 2. The average molecular weight is 371 g/mol. The molecular weight excluding hydrogens is 342 g/mol. The third-order valence-corrected chi connectivity index (χ3v) is 6.36. The highest BCUT2D eigenvalue weighted by atomic mass is 16.6. The zero-order valence-corrected chi connectivity index (χ0v) is 15.8. The van der Waals surface area contributed by atoms with Gasteiger partial charge in [0, 0.05) is 44.4 Å². The van der Waals surface area contributed by atoms with Crippen LogP contribution in [0.15, 0.2) is 30.3 Å². The van der Waals surface area contributed by atoms with Gasteiger partial charge in [-0.3, -0.25) is 4.79 Å². The highest BCUT2D eigenvalue weighted by Crippen LogP contribution is 2.35. The minimum absolute atomic E-state index is 0.0857. The van der Waals surface area contributed by atoms with Gasteiger partial charge in [-0.25, -0.2) is 4.79 Å². The molecule has 1 aliphatic carbocycles. The van der Waals surface area contributed by atoms with Crippen LogP contribution in [0.25, 0.3) is 0 Å². The summed E-state index contributed by atoms with van der Waals surface area (Å²) in [6, 6.07) is 10.4. The molecule has 2 heterocycles. The summed E-state index contributed by atoms with van der Waals surface area (Å²) in [5, 5.41) is 0. The van der Waals surface area contributed by atoms with E-state index in [1.165, 1.54) is 5.56 Å². The molecule has 27 heavy (non-hydrogen) atoms. The standard InChI is InChI=1S/C21H29N3O3/c22-18-7-6-17(14-18)19(25)23-12-9-21(10-13-23)15-24(20(26)27-21)11-8-16-4-2-1-3-5-16/h1-5,17-18H,6-15,22H2/t17-,18+/m1/s1. The van der Waals surface area contributed by atoms with Crippen LogP contribution in [0.4, 0.5) is 4.79 Å². The number of hydrogen-bond acceptors (Lipinski definition) is 4. The summed E-state index contributed by atoms with van der Waals surface area (Å²) >= 11 is 0. The molecule has 0 unspecified atom stereocenters. The van der Waals surface area contributed by atoms with Gasteiger partial charge < -0.3 is 20.3 Å². The number of carbonyl (C=O) groups excluding carboxylic acids is 2. The Hall–Kier alpha value is -2.08. The van der Waals surface area contributed by atoms with Gasteiger partial charge in [-0.05, 0) is 31.2 Å². The molecule has 0 aromatic heterocycles. The van der Waals surface area contributed by atoms with Gasteiger partial charge in [-0.2, -0.15) is 0 Å². The number of nitrogens with zero attached hydrogens (tertiary/aromatic N) is 2. The molecule has 3 fully saturated rings.